The number of nitrogens with one attached hydrogen (secondary N) is 4. The third-order valence-electron chi connectivity index (χ3n) is 5.73. The van der Waals surface area contributed by atoms with Crippen LogP contribution in [0.2, 0.25) is 5.02 Å². The first-order valence-corrected chi connectivity index (χ1v) is 11.6. The number of hydrogen-bond acceptors (Lipinski definition) is 3. The number of fused-ring (bicyclic) bond motifs is 1. The van der Waals surface area contributed by atoms with Gasteiger partial charge >= 0.3 is 0 Å². The zero-order valence-corrected chi connectivity index (χ0v) is 20.0. The van der Waals surface area contributed by atoms with Crippen molar-refractivity contribution in [2.75, 3.05) is 6.54 Å². The van der Waals surface area contributed by atoms with Crippen LogP contribution in [0.15, 0.2) is 24.3 Å². The lowest BCUT2D eigenvalue weighted by Gasteiger charge is -2.28. The van der Waals surface area contributed by atoms with E-state index in [1.54, 1.807) is 12.1 Å². The van der Waals surface area contributed by atoms with Gasteiger partial charge in [-0.05, 0) is 43.2 Å². The molecule has 0 aliphatic carbocycles. The number of hydrogen-bond donors (Lipinski definition) is 4. The monoisotopic (exact) mass is 470 g/mol. The van der Waals surface area contributed by atoms with E-state index in [1.807, 2.05) is 32.9 Å². The summed E-state index contributed by atoms with van der Waals surface area (Å²) in [7, 11) is 0. The Kier molecular flexibility index (Phi) is 7.70. The smallest absolute Gasteiger partial charge is 0.268 e. The molecule has 0 radical (unpaired) electrons. The molecule has 7 nitrogen and oxygen atoms in total. The van der Waals surface area contributed by atoms with Crippen molar-refractivity contribution >= 4 is 40.2 Å². The number of H-pyrrole nitrogens is 1. The Bertz CT molecular complexity index is 1080. The molecular weight excluding hydrogens is 440 g/mol. The van der Waals surface area contributed by atoms with Crippen molar-refractivity contribution in [1.29, 1.82) is 0 Å². The number of aromatic nitrogens is 1. The van der Waals surface area contributed by atoms with Crippen LogP contribution < -0.4 is 16.0 Å². The van der Waals surface area contributed by atoms with Crippen molar-refractivity contribution in [2.45, 2.75) is 58.5 Å². The molecule has 2 heterocycles. The molecule has 1 aliphatic heterocycles. The standard InChI is InChI=1S/C25H31ClN4O3/c1-5-17(12-16-9-7-11-27-22(16)31)28-24(33)20(14-25(2,3)4)30-23(32)19-13-15-8-6-10-18(26)21(15)29-19/h1,6,8,10,13,16-17,20,29H,7,9,11-12,14H2,2-4H3,(H,27,31)(H,28,33)(H,30,32)/t16-,17+,20?/m0/s1. The molecule has 3 rings (SSSR count). The minimum Gasteiger partial charge on any atom is -0.356 e. The Morgan fingerprint density at radius 2 is 2.06 bits per heavy atom. The molecule has 3 atom stereocenters. The summed E-state index contributed by atoms with van der Waals surface area (Å²) < 4.78 is 0. The molecule has 0 saturated carbocycles. The highest BCUT2D eigenvalue weighted by Crippen LogP contribution is 2.25. The van der Waals surface area contributed by atoms with Crippen molar-refractivity contribution in [3.8, 4) is 12.3 Å². The van der Waals surface area contributed by atoms with Crippen molar-refractivity contribution < 1.29 is 14.4 Å². The quantitative estimate of drug-likeness (QED) is 0.466. The number of benzene rings is 1. The first kappa shape index (κ1) is 24.7. The van der Waals surface area contributed by atoms with E-state index in [9.17, 15) is 14.4 Å². The van der Waals surface area contributed by atoms with Gasteiger partial charge in [-0.1, -0.05) is 50.4 Å². The van der Waals surface area contributed by atoms with Crippen molar-refractivity contribution in [3.63, 3.8) is 0 Å². The fraction of sp³-hybridized carbons (Fsp3) is 0.480. The number of carbonyl (C=O) groups excluding carboxylic acids is 3. The SMILES string of the molecule is C#C[C@H](C[C@@H]1CCCNC1=O)NC(=O)C(CC(C)(C)C)NC(=O)c1cc2cccc(Cl)c2[nH]1. The molecule has 0 spiro atoms. The second-order valence-electron chi connectivity index (χ2n) is 9.77. The summed E-state index contributed by atoms with van der Waals surface area (Å²) in [5.41, 5.74) is 0.755. The molecule has 8 heteroatoms. The first-order valence-electron chi connectivity index (χ1n) is 11.2. The van der Waals surface area contributed by atoms with Gasteiger partial charge in [-0.3, -0.25) is 14.4 Å². The number of halogens is 1. The molecule has 0 bridgehead atoms. The maximum absolute atomic E-state index is 13.2. The maximum Gasteiger partial charge on any atom is 0.268 e. The normalized spacial score (nSPS) is 18.2. The van der Waals surface area contributed by atoms with Gasteiger partial charge in [0.2, 0.25) is 11.8 Å². The average Bonchev–Trinajstić information content (AvgIpc) is 3.19. The average molecular weight is 471 g/mol. The van der Waals surface area contributed by atoms with E-state index in [1.165, 1.54) is 0 Å². The Morgan fingerprint density at radius 3 is 2.70 bits per heavy atom. The van der Waals surface area contributed by atoms with E-state index in [0.29, 0.717) is 35.6 Å². The molecule has 1 saturated heterocycles. The summed E-state index contributed by atoms with van der Waals surface area (Å²) in [5.74, 6) is 1.54. The van der Waals surface area contributed by atoms with Crippen LogP contribution in [0.25, 0.3) is 10.9 Å². The van der Waals surface area contributed by atoms with E-state index >= 15 is 0 Å². The van der Waals surface area contributed by atoms with Gasteiger partial charge in [0.05, 0.1) is 16.6 Å². The van der Waals surface area contributed by atoms with E-state index < -0.39 is 18.0 Å². The highest BCUT2D eigenvalue weighted by atomic mass is 35.5. The zero-order valence-electron chi connectivity index (χ0n) is 19.3. The second-order valence-corrected chi connectivity index (χ2v) is 10.2. The van der Waals surface area contributed by atoms with E-state index in [0.717, 1.165) is 18.2 Å². The zero-order chi connectivity index (χ0) is 24.2. The summed E-state index contributed by atoms with van der Waals surface area (Å²) >= 11 is 6.21. The summed E-state index contributed by atoms with van der Waals surface area (Å²) in [5, 5.41) is 9.85. The minimum atomic E-state index is -0.796. The van der Waals surface area contributed by atoms with Gasteiger partial charge in [0.15, 0.2) is 0 Å². The van der Waals surface area contributed by atoms with Crippen LogP contribution in [0.4, 0.5) is 0 Å². The molecule has 1 unspecified atom stereocenters. The highest BCUT2D eigenvalue weighted by Gasteiger charge is 2.30. The number of aromatic amines is 1. The first-order chi connectivity index (χ1) is 15.6. The predicted octanol–water partition coefficient (Wildman–Crippen LogP) is 3.39. The van der Waals surface area contributed by atoms with Crippen LogP contribution in [0.1, 0.15) is 56.9 Å². The van der Waals surface area contributed by atoms with Crippen molar-refractivity contribution in [2.24, 2.45) is 11.3 Å². The fourth-order valence-electron chi connectivity index (χ4n) is 4.09. The van der Waals surface area contributed by atoms with Crippen LogP contribution in [0.3, 0.4) is 0 Å². The van der Waals surface area contributed by atoms with Crippen molar-refractivity contribution in [3.05, 3.63) is 35.0 Å². The number of amides is 3. The van der Waals surface area contributed by atoms with Gasteiger partial charge in [0, 0.05) is 17.8 Å². The van der Waals surface area contributed by atoms with E-state index in [4.69, 9.17) is 18.0 Å². The number of para-hydroxylation sites is 1. The number of rotatable bonds is 7. The number of terminal acetylenes is 1. The Morgan fingerprint density at radius 1 is 1.30 bits per heavy atom. The molecule has 4 N–H and O–H groups in total. The largest absolute Gasteiger partial charge is 0.356 e. The third kappa shape index (κ3) is 6.52. The van der Waals surface area contributed by atoms with Crippen LogP contribution in [0.5, 0.6) is 0 Å². The summed E-state index contributed by atoms with van der Waals surface area (Å²) in [4.78, 5) is 41.3. The van der Waals surface area contributed by atoms with Crippen molar-refractivity contribution in [1.82, 2.24) is 20.9 Å². The Balaban J connectivity index is 1.72. The molecule has 176 valence electrons. The van der Waals surface area contributed by atoms with E-state index in [-0.39, 0.29) is 23.1 Å². The van der Waals surface area contributed by atoms with Gasteiger partial charge < -0.3 is 20.9 Å². The molecule has 3 amide bonds. The molecule has 1 aromatic carbocycles. The summed E-state index contributed by atoms with van der Waals surface area (Å²) in [6, 6.07) is 5.71. The van der Waals surface area contributed by atoms with E-state index in [2.05, 4.69) is 26.9 Å². The number of piperidine rings is 1. The predicted molar refractivity (Wildman–Crippen MR) is 130 cm³/mol. The van der Waals surface area contributed by atoms with Crippen LogP contribution in [0, 0.1) is 23.7 Å². The number of carbonyl (C=O) groups is 3. The lowest BCUT2D eigenvalue weighted by atomic mass is 9.87. The molecule has 1 aliphatic rings. The van der Waals surface area contributed by atoms with Gasteiger partial charge in [-0.2, -0.15) is 0 Å². The molecule has 2 aromatic rings. The summed E-state index contributed by atoms with van der Waals surface area (Å²) in [6.45, 7) is 6.65. The highest BCUT2D eigenvalue weighted by molar-refractivity contribution is 6.35. The van der Waals surface area contributed by atoms with Gasteiger partial charge in [0.25, 0.3) is 5.91 Å². The van der Waals surface area contributed by atoms with Crippen LogP contribution >= 0.6 is 11.6 Å². The van der Waals surface area contributed by atoms with Gasteiger partial charge in [-0.15, -0.1) is 6.42 Å². The lowest BCUT2D eigenvalue weighted by molar-refractivity contribution is -0.128. The second kappa shape index (κ2) is 10.3. The molecule has 1 aromatic heterocycles. The van der Waals surface area contributed by atoms with Crippen LogP contribution in [-0.4, -0.2) is 41.3 Å². The Hall–Kier alpha value is -2.98. The molecule has 1 fully saturated rings. The fourth-order valence-corrected chi connectivity index (χ4v) is 4.31. The third-order valence-corrected chi connectivity index (χ3v) is 6.04. The molecular formula is C25H31ClN4O3. The van der Waals surface area contributed by atoms with Gasteiger partial charge in [0.1, 0.15) is 11.7 Å². The van der Waals surface area contributed by atoms with Gasteiger partial charge in [-0.25, -0.2) is 0 Å². The van der Waals surface area contributed by atoms with Crippen LogP contribution in [-0.2, 0) is 9.59 Å². The maximum atomic E-state index is 13.2. The topological polar surface area (TPSA) is 103 Å². The Labute approximate surface area is 199 Å². The summed E-state index contributed by atoms with van der Waals surface area (Å²) in [6.07, 6.45) is 8.06. The lowest BCUT2D eigenvalue weighted by Crippen LogP contribution is -2.51. The molecule has 33 heavy (non-hydrogen) atoms. The minimum absolute atomic E-state index is 0.0345.